The minimum atomic E-state index is -1.48. The fourth-order valence-corrected chi connectivity index (χ4v) is 5.59. The molecule has 0 spiro atoms. The van der Waals surface area contributed by atoms with Crippen LogP contribution < -0.4 is 5.19 Å². The molecule has 0 N–H and O–H groups in total. The minimum absolute atomic E-state index is 0. The maximum atomic E-state index is 4.69. The summed E-state index contributed by atoms with van der Waals surface area (Å²) < 4.78 is 0. The Morgan fingerprint density at radius 3 is 1.89 bits per heavy atom. The second-order valence-electron chi connectivity index (χ2n) is 9.54. The maximum Gasteiger partial charge on any atom is 0.0775 e. The quantitative estimate of drug-likeness (QED) is 0.141. The first kappa shape index (κ1) is 30.1. The van der Waals surface area contributed by atoms with Gasteiger partial charge in [0.15, 0.2) is 0 Å². The van der Waals surface area contributed by atoms with E-state index in [2.05, 4.69) is 98.3 Å². The van der Waals surface area contributed by atoms with Crippen LogP contribution in [0.25, 0.3) is 33.6 Å². The molecule has 5 rings (SSSR count). The molecule has 0 aliphatic carbocycles. The summed E-state index contributed by atoms with van der Waals surface area (Å²) in [6.07, 6.45) is 3.86. The van der Waals surface area contributed by atoms with Crippen LogP contribution in [0.5, 0.6) is 0 Å². The van der Waals surface area contributed by atoms with Gasteiger partial charge in [0.1, 0.15) is 0 Å². The molecule has 0 amide bonds. The van der Waals surface area contributed by atoms with Crippen LogP contribution in [0.4, 0.5) is 0 Å². The van der Waals surface area contributed by atoms with Crippen LogP contribution in [-0.4, -0.2) is 18.0 Å². The van der Waals surface area contributed by atoms with Crippen LogP contribution in [0.2, 0.25) is 19.6 Å². The van der Waals surface area contributed by atoms with Gasteiger partial charge < -0.3 is 12.4 Å². The molecule has 0 fully saturated rings. The molecule has 191 valence electrons. The van der Waals surface area contributed by atoms with Gasteiger partial charge >= 0.3 is 0 Å². The zero-order valence-corrected chi connectivity index (χ0v) is 25.6. The second-order valence-corrected chi connectivity index (χ2v) is 14.6. The molecule has 2 heterocycles. The molecule has 5 aromatic rings. The molecule has 0 aliphatic rings. The van der Waals surface area contributed by atoms with E-state index in [-0.39, 0.29) is 27.5 Å². The number of rotatable bonds is 4. The molecule has 0 saturated heterocycles. The van der Waals surface area contributed by atoms with Crippen molar-refractivity contribution in [2.75, 3.05) is 0 Å². The molecule has 0 atom stereocenters. The number of aryl methyl sites for hydroxylation is 1. The topological polar surface area (TPSA) is 25.8 Å². The maximum absolute atomic E-state index is 4.69. The zero-order valence-electron chi connectivity index (χ0n) is 22.2. The van der Waals surface area contributed by atoms with Gasteiger partial charge in [0, 0.05) is 38.1 Å². The number of pyridine rings is 2. The van der Waals surface area contributed by atoms with Gasteiger partial charge in [0.2, 0.25) is 0 Å². The molecule has 0 aliphatic heterocycles. The van der Waals surface area contributed by atoms with Crippen LogP contribution in [0, 0.1) is 20.4 Å². The molecular formula is C33H34IrN2Si-2. The Hall–Kier alpha value is -3.17. The average Bonchev–Trinajstić information content (AvgIpc) is 2.90. The molecule has 4 heteroatoms. The zero-order chi connectivity index (χ0) is 24.7. The van der Waals surface area contributed by atoms with Crippen LogP contribution in [0.1, 0.15) is 5.56 Å². The Balaban J connectivity index is 0.000000277. The number of hydrogen-bond acceptors (Lipinski definition) is 2. The summed E-state index contributed by atoms with van der Waals surface area (Å²) in [6, 6.07) is 38.4. The number of aromatic nitrogens is 2. The Kier molecular flexibility index (Phi) is 11.3. The van der Waals surface area contributed by atoms with E-state index in [4.69, 9.17) is 4.98 Å². The summed E-state index contributed by atoms with van der Waals surface area (Å²) in [5, 5.41) is 1.45. The first-order valence-corrected chi connectivity index (χ1v) is 15.4. The van der Waals surface area contributed by atoms with Crippen molar-refractivity contribution in [3.63, 3.8) is 0 Å². The van der Waals surface area contributed by atoms with Crippen molar-refractivity contribution in [1.82, 2.24) is 9.97 Å². The van der Waals surface area contributed by atoms with Gasteiger partial charge in [-0.15, -0.1) is 35.9 Å². The van der Waals surface area contributed by atoms with Crippen molar-refractivity contribution in [3.05, 3.63) is 135 Å². The predicted octanol–water partition coefficient (Wildman–Crippen LogP) is 8.27. The third-order valence-electron chi connectivity index (χ3n) is 5.84. The van der Waals surface area contributed by atoms with Crippen LogP contribution >= 0.6 is 0 Å². The predicted molar refractivity (Wildman–Crippen MR) is 158 cm³/mol. The van der Waals surface area contributed by atoms with Gasteiger partial charge in [-0.3, -0.25) is 4.98 Å². The molecule has 0 unspecified atom stereocenters. The van der Waals surface area contributed by atoms with Gasteiger partial charge in [-0.25, -0.2) is 0 Å². The van der Waals surface area contributed by atoms with E-state index in [9.17, 15) is 0 Å². The van der Waals surface area contributed by atoms with Crippen molar-refractivity contribution in [2.24, 2.45) is 0 Å². The van der Waals surface area contributed by atoms with E-state index in [1.165, 1.54) is 27.4 Å². The smallest absolute Gasteiger partial charge is 0.0775 e. The normalized spacial score (nSPS) is 10.3. The van der Waals surface area contributed by atoms with E-state index in [0.29, 0.717) is 0 Å². The minimum Gasteiger partial charge on any atom is -0.358 e. The monoisotopic (exact) mass is 679 g/mol. The fourth-order valence-electron chi connectivity index (χ4n) is 4.01. The van der Waals surface area contributed by atoms with Gasteiger partial charge in [0.25, 0.3) is 0 Å². The molecule has 1 radical (unpaired) electrons. The fraction of sp³-hybridized carbons (Fsp3) is 0.121. The Morgan fingerprint density at radius 1 is 0.703 bits per heavy atom. The molecular weight excluding hydrogens is 645 g/mol. The van der Waals surface area contributed by atoms with Crippen molar-refractivity contribution in [1.29, 1.82) is 0 Å². The van der Waals surface area contributed by atoms with Gasteiger partial charge in [-0.1, -0.05) is 97.6 Å². The molecule has 37 heavy (non-hydrogen) atoms. The van der Waals surface area contributed by atoms with E-state index < -0.39 is 8.07 Å². The van der Waals surface area contributed by atoms with Gasteiger partial charge in [-0.05, 0) is 35.4 Å². The summed E-state index contributed by atoms with van der Waals surface area (Å²) in [5.74, 6) is 0. The summed E-state index contributed by atoms with van der Waals surface area (Å²) in [5.41, 5.74) is 8.05. The largest absolute Gasteiger partial charge is 0.358 e. The van der Waals surface area contributed by atoms with Crippen LogP contribution in [0.3, 0.4) is 0 Å². The van der Waals surface area contributed by atoms with Crippen molar-refractivity contribution < 1.29 is 20.1 Å². The Labute approximate surface area is 237 Å². The van der Waals surface area contributed by atoms with Gasteiger partial charge in [-0.2, -0.15) is 0 Å². The number of hydrogen-bond donors (Lipinski definition) is 0. The second kappa shape index (κ2) is 13.9. The Morgan fingerprint density at radius 2 is 1.32 bits per heavy atom. The first-order valence-electron chi connectivity index (χ1n) is 11.9. The Bertz CT molecular complexity index is 1370. The number of benzene rings is 3. The van der Waals surface area contributed by atoms with Crippen LogP contribution in [-0.2, 0) is 20.1 Å². The number of nitrogens with zero attached hydrogens (tertiary/aromatic N) is 2. The molecule has 2 nitrogen and oxygen atoms in total. The summed E-state index contributed by atoms with van der Waals surface area (Å²) in [7, 11) is -1.48. The summed E-state index contributed by atoms with van der Waals surface area (Å²) >= 11 is 0. The van der Waals surface area contributed by atoms with E-state index >= 15 is 0 Å². The van der Waals surface area contributed by atoms with E-state index in [0.717, 1.165) is 17.0 Å². The SMILES string of the molecule is C[Si](C)(C)c1cc(-c2[c-]cccc2)ncc1-c1ccccc1.Cc1cccnc1-c1ccccc1.[CH3-].[Ir]. The van der Waals surface area contributed by atoms with Crippen molar-refractivity contribution in [2.45, 2.75) is 26.6 Å². The molecule has 0 bridgehead atoms. The summed E-state index contributed by atoms with van der Waals surface area (Å²) in [4.78, 5) is 9.04. The third-order valence-corrected chi connectivity index (χ3v) is 7.87. The van der Waals surface area contributed by atoms with Crippen LogP contribution in [0.15, 0.2) is 116 Å². The first-order chi connectivity index (χ1) is 16.9. The standard InChI is InChI=1S/C20H20NSi.C12H11N.CH3.Ir/c1-22(2,3)20-14-19(17-12-8-5-9-13-17)21-15-18(20)16-10-6-4-7-11-16;1-10-6-5-9-13-12(10)11-7-3-2-4-8-11;;/h4-12,14-15H,1-3H3;2-9H,1H3;1H3;/q-1;;-1;. The molecule has 3 aromatic carbocycles. The van der Waals surface area contributed by atoms with Crippen molar-refractivity contribution >= 4 is 13.3 Å². The molecule has 2 aromatic heterocycles. The van der Waals surface area contributed by atoms with E-state index in [1.807, 2.05) is 54.9 Å². The van der Waals surface area contributed by atoms with Gasteiger partial charge in [0.05, 0.1) is 13.8 Å². The average molecular weight is 679 g/mol. The van der Waals surface area contributed by atoms with E-state index in [1.54, 1.807) is 0 Å². The van der Waals surface area contributed by atoms with Crippen molar-refractivity contribution in [3.8, 4) is 33.6 Å². The molecule has 0 saturated carbocycles. The third kappa shape index (κ3) is 7.90. The summed E-state index contributed by atoms with van der Waals surface area (Å²) in [6.45, 7) is 9.23.